The van der Waals surface area contributed by atoms with E-state index in [1.807, 2.05) is 0 Å². The number of amides is 2. The normalized spacial score (nSPS) is 29.4. The number of carboxylic acids is 1. The highest BCUT2D eigenvalue weighted by atomic mass is 32.2. The van der Waals surface area contributed by atoms with Crippen molar-refractivity contribution in [1.82, 2.24) is 9.80 Å². The molecule has 2 fully saturated rings. The van der Waals surface area contributed by atoms with E-state index in [1.165, 1.54) is 11.9 Å². The van der Waals surface area contributed by atoms with Gasteiger partial charge in [-0.15, -0.1) is 0 Å². The number of likely N-dealkylation sites (N-methyl/N-ethyl adjacent to an activating group) is 1. The summed E-state index contributed by atoms with van der Waals surface area (Å²) in [4.78, 5) is 36.8. The average Bonchev–Trinajstić information content (AvgIpc) is 2.81. The van der Waals surface area contributed by atoms with Gasteiger partial charge in [-0.2, -0.15) is 0 Å². The third-order valence-electron chi connectivity index (χ3n) is 3.75. The summed E-state index contributed by atoms with van der Waals surface area (Å²) in [5, 5.41) is 8.95. The van der Waals surface area contributed by atoms with E-state index in [2.05, 4.69) is 0 Å². The van der Waals surface area contributed by atoms with Gasteiger partial charge in [-0.25, -0.2) is 8.42 Å². The predicted octanol–water partition coefficient (Wildman–Crippen LogP) is -1.68. The molecule has 9 heteroatoms. The summed E-state index contributed by atoms with van der Waals surface area (Å²) < 4.78 is 23.0. The standard InChI is InChI=1S/C11H16N2O6S/c1-12-9(14)4-8(11(12)17)13(5-10(15)16)7-2-3-20(18,19)6-7/h7-8H,2-6H2,1H3,(H,15,16). The molecule has 112 valence electrons. The number of hydrogen-bond donors (Lipinski definition) is 1. The fourth-order valence-electron chi connectivity index (χ4n) is 2.68. The van der Waals surface area contributed by atoms with Crippen molar-refractivity contribution in [2.24, 2.45) is 0 Å². The summed E-state index contributed by atoms with van der Waals surface area (Å²) in [6.07, 6.45) is 0.191. The Morgan fingerprint density at radius 3 is 2.50 bits per heavy atom. The molecule has 2 amide bonds. The Kier molecular flexibility index (Phi) is 3.83. The van der Waals surface area contributed by atoms with Crippen molar-refractivity contribution in [1.29, 1.82) is 0 Å². The van der Waals surface area contributed by atoms with Gasteiger partial charge >= 0.3 is 5.97 Å². The second-order valence-corrected chi connectivity index (χ2v) is 7.36. The van der Waals surface area contributed by atoms with Crippen LogP contribution in [0.3, 0.4) is 0 Å². The molecule has 2 atom stereocenters. The fourth-order valence-corrected chi connectivity index (χ4v) is 4.42. The minimum Gasteiger partial charge on any atom is -0.480 e. The Morgan fingerprint density at radius 2 is 2.10 bits per heavy atom. The van der Waals surface area contributed by atoms with Gasteiger partial charge in [0.2, 0.25) is 11.8 Å². The lowest BCUT2D eigenvalue weighted by Gasteiger charge is -2.30. The first-order valence-electron chi connectivity index (χ1n) is 6.19. The summed E-state index contributed by atoms with van der Waals surface area (Å²) >= 11 is 0. The summed E-state index contributed by atoms with van der Waals surface area (Å²) in [6.45, 7) is -0.447. The van der Waals surface area contributed by atoms with Gasteiger partial charge in [-0.1, -0.05) is 0 Å². The van der Waals surface area contributed by atoms with Crippen molar-refractivity contribution in [3.8, 4) is 0 Å². The molecule has 0 radical (unpaired) electrons. The van der Waals surface area contributed by atoms with E-state index in [9.17, 15) is 22.8 Å². The van der Waals surface area contributed by atoms with Crippen LogP contribution in [0.25, 0.3) is 0 Å². The molecule has 2 heterocycles. The maximum absolute atomic E-state index is 12.0. The number of imide groups is 1. The van der Waals surface area contributed by atoms with Crippen LogP contribution in [0.5, 0.6) is 0 Å². The summed E-state index contributed by atoms with van der Waals surface area (Å²) in [5.41, 5.74) is 0. The summed E-state index contributed by atoms with van der Waals surface area (Å²) in [5.74, 6) is -2.18. The lowest BCUT2D eigenvalue weighted by Crippen LogP contribution is -2.49. The first-order chi connectivity index (χ1) is 9.21. The molecule has 0 aromatic heterocycles. The zero-order valence-corrected chi connectivity index (χ0v) is 11.8. The molecule has 0 bridgehead atoms. The third kappa shape index (κ3) is 2.83. The Hall–Kier alpha value is -1.48. The van der Waals surface area contributed by atoms with E-state index < -0.39 is 40.3 Å². The quantitative estimate of drug-likeness (QED) is 0.617. The van der Waals surface area contributed by atoms with Gasteiger partial charge in [0.15, 0.2) is 9.84 Å². The highest BCUT2D eigenvalue weighted by Gasteiger charge is 2.45. The Labute approximate surface area is 116 Å². The van der Waals surface area contributed by atoms with Crippen LogP contribution in [0.2, 0.25) is 0 Å². The number of carboxylic acid groups (broad SMARTS) is 1. The number of sulfone groups is 1. The van der Waals surface area contributed by atoms with Gasteiger partial charge in [-0.3, -0.25) is 24.2 Å². The first-order valence-corrected chi connectivity index (χ1v) is 8.02. The molecule has 2 aliphatic rings. The second-order valence-electron chi connectivity index (χ2n) is 5.13. The molecule has 0 aromatic rings. The van der Waals surface area contributed by atoms with Crippen LogP contribution in [0, 0.1) is 0 Å². The van der Waals surface area contributed by atoms with Crippen molar-refractivity contribution in [2.45, 2.75) is 24.9 Å². The molecule has 0 spiro atoms. The monoisotopic (exact) mass is 304 g/mol. The molecular formula is C11H16N2O6S. The Bertz CT molecular complexity index is 557. The SMILES string of the molecule is CN1C(=O)CC(N(CC(=O)O)C2CCS(=O)(=O)C2)C1=O. The van der Waals surface area contributed by atoms with Crippen LogP contribution in [-0.2, 0) is 24.2 Å². The van der Waals surface area contributed by atoms with E-state index in [0.717, 1.165) is 4.90 Å². The van der Waals surface area contributed by atoms with Gasteiger partial charge in [-0.05, 0) is 6.42 Å². The van der Waals surface area contributed by atoms with E-state index in [4.69, 9.17) is 5.11 Å². The molecule has 0 aromatic carbocycles. The number of hydrogen-bond acceptors (Lipinski definition) is 6. The minimum atomic E-state index is -3.19. The molecule has 8 nitrogen and oxygen atoms in total. The molecule has 0 aliphatic carbocycles. The maximum atomic E-state index is 12.0. The second kappa shape index (κ2) is 5.13. The minimum absolute atomic E-state index is 0.0154. The van der Waals surface area contributed by atoms with Gasteiger partial charge < -0.3 is 5.11 Å². The van der Waals surface area contributed by atoms with Crippen molar-refractivity contribution in [2.75, 3.05) is 25.1 Å². The smallest absolute Gasteiger partial charge is 0.317 e. The van der Waals surface area contributed by atoms with Crippen LogP contribution in [0.1, 0.15) is 12.8 Å². The topological polar surface area (TPSA) is 112 Å². The number of nitrogens with zero attached hydrogens (tertiary/aromatic N) is 2. The zero-order chi connectivity index (χ0) is 15.1. The van der Waals surface area contributed by atoms with Gasteiger partial charge in [0.05, 0.1) is 30.5 Å². The van der Waals surface area contributed by atoms with Crippen LogP contribution >= 0.6 is 0 Å². The third-order valence-corrected chi connectivity index (χ3v) is 5.50. The fraction of sp³-hybridized carbons (Fsp3) is 0.727. The van der Waals surface area contributed by atoms with Crippen molar-refractivity contribution >= 4 is 27.6 Å². The van der Waals surface area contributed by atoms with E-state index >= 15 is 0 Å². The summed E-state index contributed by atoms with van der Waals surface area (Å²) in [7, 11) is -1.85. The molecular weight excluding hydrogens is 288 g/mol. The van der Waals surface area contributed by atoms with Crippen LogP contribution in [-0.4, -0.2) is 78.3 Å². The molecule has 2 unspecified atom stereocenters. The van der Waals surface area contributed by atoms with Crippen molar-refractivity contribution in [3.63, 3.8) is 0 Å². The predicted molar refractivity (Wildman–Crippen MR) is 67.6 cm³/mol. The highest BCUT2D eigenvalue weighted by molar-refractivity contribution is 7.91. The van der Waals surface area contributed by atoms with Crippen LogP contribution in [0.4, 0.5) is 0 Å². The number of aliphatic carboxylic acids is 1. The van der Waals surface area contributed by atoms with Gasteiger partial charge in [0, 0.05) is 13.1 Å². The molecule has 2 saturated heterocycles. The Balaban J connectivity index is 2.23. The van der Waals surface area contributed by atoms with Gasteiger partial charge in [0.1, 0.15) is 0 Å². The largest absolute Gasteiger partial charge is 0.480 e. The lowest BCUT2D eigenvalue weighted by molar-refractivity contribution is -0.141. The average molecular weight is 304 g/mol. The molecule has 0 saturated carbocycles. The van der Waals surface area contributed by atoms with Crippen LogP contribution < -0.4 is 0 Å². The highest BCUT2D eigenvalue weighted by Crippen LogP contribution is 2.25. The molecule has 2 aliphatic heterocycles. The van der Waals surface area contributed by atoms with Gasteiger partial charge in [0.25, 0.3) is 0 Å². The van der Waals surface area contributed by atoms with E-state index in [-0.39, 0.29) is 30.3 Å². The molecule has 1 N–H and O–H groups in total. The Morgan fingerprint density at radius 1 is 1.45 bits per heavy atom. The maximum Gasteiger partial charge on any atom is 0.317 e. The number of rotatable bonds is 4. The molecule has 2 rings (SSSR count). The number of carbonyl (C=O) groups excluding carboxylic acids is 2. The number of carbonyl (C=O) groups is 3. The number of likely N-dealkylation sites (tertiary alicyclic amines) is 1. The first kappa shape index (κ1) is 14.9. The zero-order valence-electron chi connectivity index (χ0n) is 11.0. The van der Waals surface area contributed by atoms with E-state index in [1.54, 1.807) is 0 Å². The summed E-state index contributed by atoms with van der Waals surface area (Å²) in [6, 6.07) is -1.40. The van der Waals surface area contributed by atoms with Crippen molar-refractivity contribution < 1.29 is 27.9 Å². The van der Waals surface area contributed by atoms with Crippen molar-refractivity contribution in [3.05, 3.63) is 0 Å². The molecule has 20 heavy (non-hydrogen) atoms. The lowest BCUT2D eigenvalue weighted by atomic mass is 10.1. The van der Waals surface area contributed by atoms with E-state index in [0.29, 0.717) is 0 Å². The van der Waals surface area contributed by atoms with Crippen LogP contribution in [0.15, 0.2) is 0 Å².